The number of carboxylic acid groups (broad SMARTS) is 1. The summed E-state index contributed by atoms with van der Waals surface area (Å²) >= 11 is 3.47. The van der Waals surface area contributed by atoms with E-state index in [1.54, 1.807) is 0 Å². The second kappa shape index (κ2) is 6.26. The molecule has 0 spiro atoms. The van der Waals surface area contributed by atoms with Crippen LogP contribution in [0.1, 0.15) is 27.0 Å². The number of ether oxygens (including phenoxy) is 1. The number of carbonyl (C=O) groups is 1. The molecule has 1 N–H and O–H groups in total. The van der Waals surface area contributed by atoms with Gasteiger partial charge in [0.15, 0.2) is 0 Å². The summed E-state index contributed by atoms with van der Waals surface area (Å²) < 4.78 is 19.9. The van der Waals surface area contributed by atoms with Crippen molar-refractivity contribution in [3.05, 3.63) is 62.9 Å². The van der Waals surface area contributed by atoms with Crippen LogP contribution in [0.25, 0.3) is 0 Å². The van der Waals surface area contributed by atoms with Crippen molar-refractivity contribution in [3.8, 4) is 5.75 Å². The lowest BCUT2D eigenvalue weighted by atomic mass is 10.1. The number of rotatable bonds is 4. The molecule has 0 fully saturated rings. The standard InChI is InChI=1S/C16H14BrFO3/c1-9-5-13(6-10(2)15(9)17)21-8-11-7-12(18)3-4-14(11)16(19)20/h3-7H,8H2,1-2H3,(H,19,20). The maximum atomic E-state index is 13.3. The zero-order valence-corrected chi connectivity index (χ0v) is 13.2. The van der Waals surface area contributed by atoms with Crippen LogP contribution in [0.3, 0.4) is 0 Å². The summed E-state index contributed by atoms with van der Waals surface area (Å²) in [6.45, 7) is 3.88. The van der Waals surface area contributed by atoms with Gasteiger partial charge in [-0.3, -0.25) is 0 Å². The van der Waals surface area contributed by atoms with Crippen molar-refractivity contribution in [2.75, 3.05) is 0 Å². The van der Waals surface area contributed by atoms with E-state index in [-0.39, 0.29) is 12.2 Å². The molecule has 0 unspecified atom stereocenters. The molecule has 0 aliphatic heterocycles. The fraction of sp³-hybridized carbons (Fsp3) is 0.188. The number of hydrogen-bond donors (Lipinski definition) is 1. The Kier molecular flexibility index (Phi) is 4.63. The van der Waals surface area contributed by atoms with E-state index in [2.05, 4.69) is 15.9 Å². The second-order valence-electron chi connectivity index (χ2n) is 4.77. The van der Waals surface area contributed by atoms with Gasteiger partial charge in [-0.2, -0.15) is 0 Å². The second-order valence-corrected chi connectivity index (χ2v) is 5.56. The van der Waals surface area contributed by atoms with Crippen molar-refractivity contribution in [2.24, 2.45) is 0 Å². The van der Waals surface area contributed by atoms with E-state index in [0.717, 1.165) is 21.7 Å². The van der Waals surface area contributed by atoms with Crippen molar-refractivity contribution < 1.29 is 19.0 Å². The molecule has 2 aromatic carbocycles. The molecule has 2 aromatic rings. The van der Waals surface area contributed by atoms with Crippen molar-refractivity contribution in [2.45, 2.75) is 20.5 Å². The molecule has 0 saturated heterocycles. The molecule has 0 radical (unpaired) electrons. The molecule has 0 aliphatic carbocycles. The molecule has 5 heteroatoms. The smallest absolute Gasteiger partial charge is 0.336 e. The van der Waals surface area contributed by atoms with Crippen LogP contribution in [-0.4, -0.2) is 11.1 Å². The average Bonchev–Trinajstić information content (AvgIpc) is 2.42. The molecule has 0 atom stereocenters. The quantitative estimate of drug-likeness (QED) is 0.882. The van der Waals surface area contributed by atoms with Crippen LogP contribution in [0.2, 0.25) is 0 Å². The highest BCUT2D eigenvalue weighted by molar-refractivity contribution is 9.10. The van der Waals surface area contributed by atoms with E-state index in [9.17, 15) is 9.18 Å². The van der Waals surface area contributed by atoms with E-state index < -0.39 is 11.8 Å². The minimum atomic E-state index is -1.10. The van der Waals surface area contributed by atoms with E-state index in [4.69, 9.17) is 9.84 Å². The highest BCUT2D eigenvalue weighted by Gasteiger charge is 2.12. The third-order valence-electron chi connectivity index (χ3n) is 3.10. The first kappa shape index (κ1) is 15.5. The Morgan fingerprint density at radius 2 is 1.86 bits per heavy atom. The van der Waals surface area contributed by atoms with Gasteiger partial charge in [0.2, 0.25) is 0 Å². The molecule has 110 valence electrons. The van der Waals surface area contributed by atoms with Gasteiger partial charge in [0.25, 0.3) is 0 Å². The van der Waals surface area contributed by atoms with Gasteiger partial charge in [-0.05, 0) is 55.3 Å². The Morgan fingerprint density at radius 1 is 1.24 bits per heavy atom. The topological polar surface area (TPSA) is 46.5 Å². The molecule has 0 aromatic heterocycles. The predicted octanol–water partition coefficient (Wildman–Crippen LogP) is 4.48. The molecular weight excluding hydrogens is 339 g/mol. The Hall–Kier alpha value is -1.88. The van der Waals surface area contributed by atoms with Crippen molar-refractivity contribution in [3.63, 3.8) is 0 Å². The molecule has 0 saturated carbocycles. The number of benzene rings is 2. The molecule has 0 bridgehead atoms. The molecule has 0 heterocycles. The number of aromatic carboxylic acids is 1. The molecule has 3 nitrogen and oxygen atoms in total. The molecule has 21 heavy (non-hydrogen) atoms. The Balaban J connectivity index is 2.24. The summed E-state index contributed by atoms with van der Waals surface area (Å²) in [5.41, 5.74) is 2.38. The van der Waals surface area contributed by atoms with Crippen molar-refractivity contribution in [1.29, 1.82) is 0 Å². The van der Waals surface area contributed by atoms with Crippen LogP contribution < -0.4 is 4.74 Å². The molecule has 2 rings (SSSR count). The minimum Gasteiger partial charge on any atom is -0.489 e. The molecular formula is C16H14BrFO3. The first-order chi connectivity index (χ1) is 9.88. The number of hydrogen-bond acceptors (Lipinski definition) is 2. The maximum absolute atomic E-state index is 13.3. The van der Waals surface area contributed by atoms with Crippen molar-refractivity contribution >= 4 is 21.9 Å². The monoisotopic (exact) mass is 352 g/mol. The Bertz CT molecular complexity index is 675. The largest absolute Gasteiger partial charge is 0.489 e. The van der Waals surface area contributed by atoms with E-state index in [1.165, 1.54) is 12.1 Å². The van der Waals surface area contributed by atoms with E-state index >= 15 is 0 Å². The van der Waals surface area contributed by atoms with Crippen LogP contribution in [0.5, 0.6) is 5.75 Å². The van der Waals surface area contributed by atoms with Gasteiger partial charge in [-0.1, -0.05) is 15.9 Å². The fourth-order valence-corrected chi connectivity index (χ4v) is 2.27. The Labute approximate surface area is 130 Å². The van der Waals surface area contributed by atoms with Gasteiger partial charge in [-0.25, -0.2) is 9.18 Å². The lowest BCUT2D eigenvalue weighted by Gasteiger charge is -2.11. The highest BCUT2D eigenvalue weighted by atomic mass is 79.9. The van der Waals surface area contributed by atoms with Gasteiger partial charge < -0.3 is 9.84 Å². The molecule has 0 amide bonds. The lowest BCUT2D eigenvalue weighted by Crippen LogP contribution is -2.06. The first-order valence-electron chi connectivity index (χ1n) is 6.29. The highest BCUT2D eigenvalue weighted by Crippen LogP contribution is 2.27. The average molecular weight is 353 g/mol. The van der Waals surface area contributed by atoms with Crippen LogP contribution in [0.4, 0.5) is 4.39 Å². The van der Waals surface area contributed by atoms with Gasteiger partial charge in [0, 0.05) is 10.0 Å². The van der Waals surface area contributed by atoms with Gasteiger partial charge in [0.1, 0.15) is 18.2 Å². The summed E-state index contributed by atoms with van der Waals surface area (Å²) in [5, 5.41) is 9.09. The van der Waals surface area contributed by atoms with Crippen LogP contribution in [-0.2, 0) is 6.61 Å². The zero-order valence-electron chi connectivity index (χ0n) is 11.6. The first-order valence-corrected chi connectivity index (χ1v) is 7.09. The summed E-state index contributed by atoms with van der Waals surface area (Å²) in [4.78, 5) is 11.1. The molecule has 0 aliphatic rings. The fourth-order valence-electron chi connectivity index (χ4n) is 2.04. The SMILES string of the molecule is Cc1cc(OCc2cc(F)ccc2C(=O)O)cc(C)c1Br. The normalized spacial score (nSPS) is 10.5. The lowest BCUT2D eigenvalue weighted by molar-refractivity contribution is 0.0694. The van der Waals surface area contributed by atoms with Gasteiger partial charge in [-0.15, -0.1) is 0 Å². The van der Waals surface area contributed by atoms with E-state index in [0.29, 0.717) is 11.3 Å². The maximum Gasteiger partial charge on any atom is 0.336 e. The van der Waals surface area contributed by atoms with E-state index in [1.807, 2.05) is 26.0 Å². The summed E-state index contributed by atoms with van der Waals surface area (Å²) in [6.07, 6.45) is 0. The number of halogens is 2. The summed E-state index contributed by atoms with van der Waals surface area (Å²) in [6, 6.07) is 7.24. The zero-order chi connectivity index (χ0) is 15.6. The Morgan fingerprint density at radius 3 is 2.43 bits per heavy atom. The van der Waals surface area contributed by atoms with Crippen LogP contribution in [0, 0.1) is 19.7 Å². The van der Waals surface area contributed by atoms with Gasteiger partial charge in [0.05, 0.1) is 5.56 Å². The minimum absolute atomic E-state index is 0.0000935. The third kappa shape index (κ3) is 3.61. The van der Waals surface area contributed by atoms with Gasteiger partial charge >= 0.3 is 5.97 Å². The summed E-state index contributed by atoms with van der Waals surface area (Å²) in [7, 11) is 0. The predicted molar refractivity (Wildman–Crippen MR) is 81.3 cm³/mol. The van der Waals surface area contributed by atoms with Crippen LogP contribution >= 0.6 is 15.9 Å². The third-order valence-corrected chi connectivity index (χ3v) is 4.35. The number of aryl methyl sites for hydroxylation is 2. The number of carboxylic acids is 1. The van der Waals surface area contributed by atoms with Crippen LogP contribution in [0.15, 0.2) is 34.8 Å². The van der Waals surface area contributed by atoms with Crippen molar-refractivity contribution in [1.82, 2.24) is 0 Å². The summed E-state index contributed by atoms with van der Waals surface area (Å²) in [5.74, 6) is -0.965.